The highest BCUT2D eigenvalue weighted by Crippen LogP contribution is 2.47. The fourth-order valence-electron chi connectivity index (χ4n) is 4.33. The number of alkyl halides is 3. The smallest absolute Gasteiger partial charge is 0.416 e. The molecule has 5 nitrogen and oxygen atoms in total. The van der Waals surface area contributed by atoms with Gasteiger partial charge in [-0.3, -0.25) is 14.5 Å². The molecule has 188 valence electrons. The number of rotatable bonds is 5. The monoisotopic (exact) mass is 544 g/mol. The molecule has 10 heteroatoms. The largest absolute Gasteiger partial charge is 0.458 e. The van der Waals surface area contributed by atoms with Gasteiger partial charge in [-0.25, -0.2) is 0 Å². The van der Waals surface area contributed by atoms with Crippen molar-refractivity contribution in [2.45, 2.75) is 18.1 Å². The second-order valence-electron chi connectivity index (χ2n) is 8.45. The summed E-state index contributed by atoms with van der Waals surface area (Å²) in [5, 5.41) is 3.53. The third kappa shape index (κ3) is 4.58. The molecule has 5 rings (SSSR count). The van der Waals surface area contributed by atoms with Gasteiger partial charge in [0.05, 0.1) is 12.0 Å². The van der Waals surface area contributed by atoms with Crippen LogP contribution >= 0.6 is 23.2 Å². The Morgan fingerprint density at radius 2 is 1.62 bits per heavy atom. The van der Waals surface area contributed by atoms with Gasteiger partial charge in [0.25, 0.3) is 5.91 Å². The molecule has 1 N–H and O–H groups in total. The number of hydrogen-bond acceptors (Lipinski definition) is 3. The summed E-state index contributed by atoms with van der Waals surface area (Å²) in [5.74, 6) is -0.750. The third-order valence-corrected chi connectivity index (χ3v) is 6.52. The Kier molecular flexibility index (Phi) is 6.25. The summed E-state index contributed by atoms with van der Waals surface area (Å²) in [7, 11) is 0. The lowest BCUT2D eigenvalue weighted by Gasteiger charge is -2.49. The fourth-order valence-corrected chi connectivity index (χ4v) is 4.71. The summed E-state index contributed by atoms with van der Waals surface area (Å²) in [6.45, 7) is 0. The van der Waals surface area contributed by atoms with Crippen LogP contribution in [0.2, 0.25) is 10.0 Å². The van der Waals surface area contributed by atoms with Crippen LogP contribution in [0, 0.1) is 0 Å². The summed E-state index contributed by atoms with van der Waals surface area (Å²) < 4.78 is 45.7. The topological polar surface area (TPSA) is 62.6 Å². The van der Waals surface area contributed by atoms with Crippen LogP contribution in [0.25, 0.3) is 11.3 Å². The molecule has 0 bridgehead atoms. The number of furan rings is 1. The van der Waals surface area contributed by atoms with Crippen LogP contribution in [0.1, 0.15) is 17.7 Å². The summed E-state index contributed by atoms with van der Waals surface area (Å²) >= 11 is 12.2. The van der Waals surface area contributed by atoms with E-state index in [0.717, 1.165) is 12.1 Å². The predicted octanol–water partition coefficient (Wildman–Crippen LogP) is 7.54. The van der Waals surface area contributed by atoms with Gasteiger partial charge in [0.1, 0.15) is 11.5 Å². The molecule has 1 aliphatic heterocycles. The quantitative estimate of drug-likeness (QED) is 0.264. The van der Waals surface area contributed by atoms with E-state index in [1.165, 1.54) is 35.2 Å². The van der Waals surface area contributed by atoms with Gasteiger partial charge in [-0.2, -0.15) is 13.2 Å². The van der Waals surface area contributed by atoms with E-state index in [4.69, 9.17) is 27.6 Å². The maximum absolute atomic E-state index is 13.8. The first-order valence-corrected chi connectivity index (χ1v) is 11.8. The van der Waals surface area contributed by atoms with Crippen molar-refractivity contribution in [1.29, 1.82) is 0 Å². The van der Waals surface area contributed by atoms with Crippen LogP contribution in [-0.2, 0) is 21.3 Å². The molecule has 0 spiro atoms. The van der Waals surface area contributed by atoms with Crippen LogP contribution in [0.3, 0.4) is 0 Å². The molecule has 0 aliphatic carbocycles. The van der Waals surface area contributed by atoms with Gasteiger partial charge in [-0.1, -0.05) is 47.5 Å². The summed E-state index contributed by atoms with van der Waals surface area (Å²) in [4.78, 5) is 27.9. The van der Waals surface area contributed by atoms with Crippen molar-refractivity contribution >= 4 is 46.4 Å². The number of nitrogens with one attached hydrogen (secondary N) is 1. The molecule has 1 unspecified atom stereocenters. The van der Waals surface area contributed by atoms with Crippen LogP contribution in [0.15, 0.2) is 89.3 Å². The van der Waals surface area contributed by atoms with Crippen molar-refractivity contribution in [3.8, 4) is 11.3 Å². The van der Waals surface area contributed by atoms with Crippen LogP contribution in [-0.4, -0.2) is 11.8 Å². The van der Waals surface area contributed by atoms with Gasteiger partial charge >= 0.3 is 6.18 Å². The molecule has 2 heterocycles. The molecule has 0 radical (unpaired) electrons. The van der Waals surface area contributed by atoms with E-state index >= 15 is 0 Å². The number of benzene rings is 3. The first-order valence-electron chi connectivity index (χ1n) is 11.0. The average Bonchev–Trinajstić information content (AvgIpc) is 3.32. The van der Waals surface area contributed by atoms with Crippen molar-refractivity contribution in [2.75, 3.05) is 10.2 Å². The van der Waals surface area contributed by atoms with E-state index in [9.17, 15) is 22.8 Å². The summed E-state index contributed by atoms with van der Waals surface area (Å²) in [6, 6.07) is 20.5. The van der Waals surface area contributed by atoms with E-state index in [1.807, 2.05) is 0 Å². The maximum atomic E-state index is 13.8. The Morgan fingerprint density at radius 3 is 2.30 bits per heavy atom. The number of halogens is 5. The first kappa shape index (κ1) is 24.9. The van der Waals surface area contributed by atoms with Gasteiger partial charge in [0.15, 0.2) is 5.54 Å². The number of nitrogens with zero attached hydrogens (tertiary/aromatic N) is 1. The minimum Gasteiger partial charge on any atom is -0.458 e. The SMILES string of the molecule is O=C1CC(C(=O)Nc2cccc(Cl)c2)(c2ccc(-c3cccc(C(F)(F)F)c3)o2)N1c1cccc(Cl)c1. The van der Waals surface area contributed by atoms with Crippen LogP contribution < -0.4 is 10.2 Å². The van der Waals surface area contributed by atoms with Gasteiger partial charge in [0.2, 0.25) is 5.91 Å². The lowest BCUT2D eigenvalue weighted by molar-refractivity contribution is -0.138. The highest BCUT2D eigenvalue weighted by Gasteiger charge is 2.61. The van der Waals surface area contributed by atoms with Gasteiger partial charge in [-0.05, 0) is 60.7 Å². The standard InChI is InChI=1S/C27H17Cl2F3N2O3/c28-18-6-2-8-20(13-18)33-25(36)26(15-24(35)34(26)21-9-3-7-19(29)14-21)23-11-10-22(37-23)16-4-1-5-17(12-16)27(30,31)32/h1-14H,15H2,(H,33,36). The number of β-lactam (4-membered cyclic amide) rings is 1. The molecule has 1 fully saturated rings. The highest BCUT2D eigenvalue weighted by molar-refractivity contribution is 6.31. The van der Waals surface area contributed by atoms with Crippen LogP contribution in [0.5, 0.6) is 0 Å². The minimum absolute atomic E-state index is 0.0824. The molecular weight excluding hydrogens is 528 g/mol. The third-order valence-electron chi connectivity index (χ3n) is 6.05. The van der Waals surface area contributed by atoms with Crippen molar-refractivity contribution in [3.63, 3.8) is 0 Å². The van der Waals surface area contributed by atoms with Crippen LogP contribution in [0.4, 0.5) is 24.5 Å². The van der Waals surface area contributed by atoms with Crippen molar-refractivity contribution in [1.82, 2.24) is 0 Å². The second-order valence-corrected chi connectivity index (χ2v) is 9.33. The zero-order valence-electron chi connectivity index (χ0n) is 18.9. The average molecular weight is 545 g/mol. The van der Waals surface area contributed by atoms with Crippen molar-refractivity contribution in [2.24, 2.45) is 0 Å². The Hall–Kier alpha value is -3.75. The van der Waals surface area contributed by atoms with E-state index < -0.39 is 23.2 Å². The van der Waals surface area contributed by atoms with E-state index in [0.29, 0.717) is 21.4 Å². The number of carbonyl (C=O) groups excluding carboxylic acids is 2. The molecule has 2 amide bonds. The zero-order chi connectivity index (χ0) is 26.4. The minimum atomic E-state index is -4.53. The lowest BCUT2D eigenvalue weighted by Crippen LogP contribution is -2.67. The molecule has 0 saturated carbocycles. The normalized spacial score (nSPS) is 17.4. The highest BCUT2D eigenvalue weighted by atomic mass is 35.5. The first-order chi connectivity index (χ1) is 17.6. The Labute approximate surface area is 219 Å². The Balaban J connectivity index is 1.60. The molecule has 1 saturated heterocycles. The predicted molar refractivity (Wildman–Crippen MR) is 134 cm³/mol. The van der Waals surface area contributed by atoms with E-state index in [1.54, 1.807) is 42.5 Å². The number of amides is 2. The second kappa shape index (κ2) is 9.28. The maximum Gasteiger partial charge on any atom is 0.416 e. The summed E-state index contributed by atoms with van der Waals surface area (Å²) in [6.07, 6.45) is -4.77. The van der Waals surface area contributed by atoms with Gasteiger partial charge < -0.3 is 9.73 Å². The van der Waals surface area contributed by atoms with Gasteiger partial charge in [-0.15, -0.1) is 0 Å². The zero-order valence-corrected chi connectivity index (χ0v) is 20.4. The molecule has 1 atom stereocenters. The van der Waals surface area contributed by atoms with E-state index in [-0.39, 0.29) is 29.4 Å². The molecular formula is C27H17Cl2F3N2O3. The Morgan fingerprint density at radius 1 is 0.919 bits per heavy atom. The molecule has 3 aromatic carbocycles. The number of carbonyl (C=O) groups is 2. The lowest BCUT2D eigenvalue weighted by atomic mass is 9.79. The van der Waals surface area contributed by atoms with Crippen molar-refractivity contribution in [3.05, 3.63) is 106 Å². The molecule has 4 aromatic rings. The fraction of sp³-hybridized carbons (Fsp3) is 0.111. The van der Waals surface area contributed by atoms with Crippen molar-refractivity contribution < 1.29 is 27.2 Å². The summed E-state index contributed by atoms with van der Waals surface area (Å²) in [5.41, 5.74) is -1.53. The Bertz CT molecular complexity index is 1520. The number of hydrogen-bond donors (Lipinski definition) is 1. The molecule has 37 heavy (non-hydrogen) atoms. The number of anilines is 2. The molecule has 1 aliphatic rings. The molecule has 1 aromatic heterocycles. The van der Waals surface area contributed by atoms with E-state index in [2.05, 4.69) is 5.32 Å². The van der Waals surface area contributed by atoms with Gasteiger partial charge in [0, 0.05) is 27.0 Å².